The second-order valence-electron chi connectivity index (χ2n) is 6.76. The van der Waals surface area contributed by atoms with E-state index in [0.717, 1.165) is 17.7 Å². The molecular formula is C18H28N2O3S2. The van der Waals surface area contributed by atoms with Crippen LogP contribution in [0.25, 0.3) is 0 Å². The highest BCUT2D eigenvalue weighted by Crippen LogP contribution is 2.15. The molecule has 140 valence electrons. The van der Waals surface area contributed by atoms with Gasteiger partial charge in [0, 0.05) is 26.2 Å². The first-order chi connectivity index (χ1) is 11.9. The standard InChI is InChI=1S/C18H28N2O3S2/c1-16(2)8-13-24-14-18(21)19-9-11-20(12-10-19)25(22,23)15-17-6-4-3-5-7-17/h3-7,16H,8-15H2,1-2H3. The van der Waals surface area contributed by atoms with Crippen LogP contribution in [0.3, 0.4) is 0 Å². The molecule has 1 aliphatic heterocycles. The molecule has 1 aromatic carbocycles. The van der Waals surface area contributed by atoms with Crippen LogP contribution in [0.5, 0.6) is 0 Å². The molecule has 0 spiro atoms. The summed E-state index contributed by atoms with van der Waals surface area (Å²) in [6.07, 6.45) is 1.11. The second kappa shape index (κ2) is 9.59. The molecule has 1 fully saturated rings. The van der Waals surface area contributed by atoms with Crippen LogP contribution in [0.1, 0.15) is 25.8 Å². The Balaban J connectivity index is 1.77. The van der Waals surface area contributed by atoms with Crippen molar-refractivity contribution in [3.63, 3.8) is 0 Å². The number of carbonyl (C=O) groups is 1. The first-order valence-electron chi connectivity index (χ1n) is 8.76. The lowest BCUT2D eigenvalue weighted by Crippen LogP contribution is -2.51. The molecule has 1 heterocycles. The molecule has 0 saturated carbocycles. The fourth-order valence-corrected chi connectivity index (χ4v) is 5.32. The van der Waals surface area contributed by atoms with Crippen molar-refractivity contribution in [3.8, 4) is 0 Å². The minimum atomic E-state index is -3.33. The zero-order valence-electron chi connectivity index (χ0n) is 15.1. The van der Waals surface area contributed by atoms with Crippen LogP contribution in [-0.4, -0.2) is 61.2 Å². The third-order valence-electron chi connectivity index (χ3n) is 4.24. The van der Waals surface area contributed by atoms with Gasteiger partial charge in [0.15, 0.2) is 0 Å². The van der Waals surface area contributed by atoms with Crippen molar-refractivity contribution in [1.29, 1.82) is 0 Å². The molecule has 25 heavy (non-hydrogen) atoms. The Labute approximate surface area is 155 Å². The Morgan fingerprint density at radius 1 is 1.12 bits per heavy atom. The van der Waals surface area contributed by atoms with Gasteiger partial charge in [-0.25, -0.2) is 8.42 Å². The van der Waals surface area contributed by atoms with Gasteiger partial charge in [0.1, 0.15) is 0 Å². The Morgan fingerprint density at radius 3 is 2.36 bits per heavy atom. The zero-order chi connectivity index (χ0) is 18.3. The molecule has 1 saturated heterocycles. The Kier molecular flexibility index (Phi) is 7.78. The summed E-state index contributed by atoms with van der Waals surface area (Å²) in [5.41, 5.74) is 0.794. The molecule has 0 N–H and O–H groups in total. The van der Waals surface area contributed by atoms with Gasteiger partial charge in [0.2, 0.25) is 15.9 Å². The Hall–Kier alpha value is -1.05. The molecule has 1 aliphatic rings. The van der Waals surface area contributed by atoms with E-state index in [1.807, 2.05) is 30.3 Å². The van der Waals surface area contributed by atoms with Crippen molar-refractivity contribution in [2.75, 3.05) is 37.7 Å². The van der Waals surface area contributed by atoms with E-state index < -0.39 is 10.0 Å². The summed E-state index contributed by atoms with van der Waals surface area (Å²) in [5, 5.41) is 0. The van der Waals surface area contributed by atoms with E-state index in [1.54, 1.807) is 16.7 Å². The highest BCUT2D eigenvalue weighted by atomic mass is 32.2. The molecule has 0 atom stereocenters. The molecule has 7 heteroatoms. The summed E-state index contributed by atoms with van der Waals surface area (Å²) < 4.78 is 26.6. The minimum Gasteiger partial charge on any atom is -0.339 e. The largest absolute Gasteiger partial charge is 0.339 e. The van der Waals surface area contributed by atoms with Gasteiger partial charge in [0.05, 0.1) is 11.5 Å². The quantitative estimate of drug-likeness (QED) is 0.646. The fourth-order valence-electron chi connectivity index (χ4n) is 2.66. The third-order valence-corrected chi connectivity index (χ3v) is 7.07. The summed E-state index contributed by atoms with van der Waals surface area (Å²) in [7, 11) is -3.33. The number of carbonyl (C=O) groups excluding carboxylic acids is 1. The lowest BCUT2D eigenvalue weighted by molar-refractivity contribution is -0.129. The SMILES string of the molecule is CC(C)CCSCC(=O)N1CCN(S(=O)(=O)Cc2ccccc2)CC1. The van der Waals surface area contributed by atoms with Gasteiger partial charge in [-0.3, -0.25) is 4.79 Å². The lowest BCUT2D eigenvalue weighted by Gasteiger charge is -2.34. The molecule has 0 bridgehead atoms. The minimum absolute atomic E-state index is 0.0207. The third kappa shape index (κ3) is 6.64. The maximum absolute atomic E-state index is 12.5. The van der Waals surface area contributed by atoms with Gasteiger partial charge < -0.3 is 4.90 Å². The normalized spacial score (nSPS) is 16.4. The molecule has 0 aromatic heterocycles. The van der Waals surface area contributed by atoms with Gasteiger partial charge in [0.25, 0.3) is 0 Å². The maximum Gasteiger partial charge on any atom is 0.232 e. The molecule has 2 rings (SSSR count). The first-order valence-corrected chi connectivity index (χ1v) is 11.5. The topological polar surface area (TPSA) is 57.7 Å². The number of amides is 1. The number of rotatable bonds is 8. The summed E-state index contributed by atoms with van der Waals surface area (Å²) in [4.78, 5) is 14.0. The smallest absolute Gasteiger partial charge is 0.232 e. The molecule has 0 radical (unpaired) electrons. The first kappa shape index (κ1) is 20.3. The van der Waals surface area contributed by atoms with E-state index in [1.165, 1.54) is 4.31 Å². The number of piperazine rings is 1. The van der Waals surface area contributed by atoms with Crippen LogP contribution in [-0.2, 0) is 20.6 Å². The van der Waals surface area contributed by atoms with E-state index in [2.05, 4.69) is 13.8 Å². The van der Waals surface area contributed by atoms with Crippen LogP contribution >= 0.6 is 11.8 Å². The van der Waals surface area contributed by atoms with Gasteiger partial charge in [-0.05, 0) is 23.7 Å². The number of thioether (sulfide) groups is 1. The van der Waals surface area contributed by atoms with Gasteiger partial charge in [-0.2, -0.15) is 16.1 Å². The van der Waals surface area contributed by atoms with Crippen molar-refractivity contribution >= 4 is 27.7 Å². The van der Waals surface area contributed by atoms with Gasteiger partial charge in [-0.1, -0.05) is 44.2 Å². The molecular weight excluding hydrogens is 356 g/mol. The van der Waals surface area contributed by atoms with Gasteiger partial charge in [-0.15, -0.1) is 0 Å². The van der Waals surface area contributed by atoms with E-state index in [-0.39, 0.29) is 11.7 Å². The van der Waals surface area contributed by atoms with Crippen LogP contribution in [0, 0.1) is 5.92 Å². The lowest BCUT2D eigenvalue weighted by atomic mass is 10.2. The van der Waals surface area contributed by atoms with Crippen LogP contribution in [0.4, 0.5) is 0 Å². The molecule has 5 nitrogen and oxygen atoms in total. The second-order valence-corrected chi connectivity index (χ2v) is 9.83. The van der Waals surface area contributed by atoms with Crippen molar-refractivity contribution in [1.82, 2.24) is 9.21 Å². The number of benzene rings is 1. The monoisotopic (exact) mass is 384 g/mol. The van der Waals surface area contributed by atoms with E-state index in [0.29, 0.717) is 37.8 Å². The Bertz CT molecular complexity index is 640. The van der Waals surface area contributed by atoms with Gasteiger partial charge >= 0.3 is 0 Å². The van der Waals surface area contributed by atoms with Crippen LogP contribution in [0.15, 0.2) is 30.3 Å². The summed E-state index contributed by atoms with van der Waals surface area (Å²) in [6.45, 7) is 6.10. The van der Waals surface area contributed by atoms with Crippen molar-refractivity contribution < 1.29 is 13.2 Å². The van der Waals surface area contributed by atoms with E-state index in [4.69, 9.17) is 0 Å². The summed E-state index contributed by atoms with van der Waals surface area (Å²) in [6, 6.07) is 9.22. The average molecular weight is 385 g/mol. The summed E-state index contributed by atoms with van der Waals surface area (Å²) >= 11 is 1.67. The maximum atomic E-state index is 12.5. The highest BCUT2D eigenvalue weighted by Gasteiger charge is 2.28. The number of sulfonamides is 1. The van der Waals surface area contributed by atoms with E-state index in [9.17, 15) is 13.2 Å². The Morgan fingerprint density at radius 2 is 1.76 bits per heavy atom. The predicted molar refractivity (Wildman–Crippen MR) is 104 cm³/mol. The number of hydrogen-bond donors (Lipinski definition) is 0. The molecule has 1 amide bonds. The number of nitrogens with zero attached hydrogens (tertiary/aromatic N) is 2. The molecule has 0 unspecified atom stereocenters. The predicted octanol–water partition coefficient (Wildman–Crippen LogP) is 2.44. The van der Waals surface area contributed by atoms with Crippen LogP contribution in [0.2, 0.25) is 0 Å². The van der Waals surface area contributed by atoms with Crippen molar-refractivity contribution in [3.05, 3.63) is 35.9 Å². The fraction of sp³-hybridized carbons (Fsp3) is 0.611. The van der Waals surface area contributed by atoms with E-state index >= 15 is 0 Å². The molecule has 1 aromatic rings. The average Bonchev–Trinajstić information content (AvgIpc) is 2.59. The van der Waals surface area contributed by atoms with Crippen LogP contribution < -0.4 is 0 Å². The zero-order valence-corrected chi connectivity index (χ0v) is 16.7. The van der Waals surface area contributed by atoms with Crippen molar-refractivity contribution in [2.24, 2.45) is 5.92 Å². The summed E-state index contributed by atoms with van der Waals surface area (Å²) in [5.74, 6) is 2.28. The molecule has 0 aliphatic carbocycles. The number of hydrogen-bond acceptors (Lipinski definition) is 4. The highest BCUT2D eigenvalue weighted by molar-refractivity contribution is 7.99. The van der Waals surface area contributed by atoms with Crippen molar-refractivity contribution in [2.45, 2.75) is 26.0 Å².